The summed E-state index contributed by atoms with van der Waals surface area (Å²) in [7, 11) is -10.7. The van der Waals surface area contributed by atoms with Crippen molar-refractivity contribution in [2.24, 2.45) is 0 Å². The molecule has 1 rings (SSSR count). The van der Waals surface area contributed by atoms with Gasteiger partial charge in [0.15, 0.2) is 6.10 Å². The molecule has 0 bridgehead atoms. The van der Waals surface area contributed by atoms with E-state index < -0.39 is 83.5 Å². The standard InChI is InChI=1S/C47H88O16P2/c1-3-5-7-9-11-13-15-17-18-19-20-21-22-24-25-27-29-31-33-35-40(48)59-37-39(61-41(49)36-34-32-30-28-26-23-16-14-12-10-8-6-4-2)38-60-65(57,58)63-47-44(52)42(50)43(51)46(45(47)53)62-64(54,55)56/h11,13,17-18,39,42-47,50-53H,3-10,12,14-16,19-38H2,1-2H3,(H,57,58)(H2,54,55,56). The van der Waals surface area contributed by atoms with Crippen LogP contribution < -0.4 is 0 Å². The van der Waals surface area contributed by atoms with Crippen LogP contribution in [0.3, 0.4) is 0 Å². The Morgan fingerprint density at radius 2 is 0.892 bits per heavy atom. The van der Waals surface area contributed by atoms with Crippen LogP contribution in [0.15, 0.2) is 24.3 Å². The average molecular weight is 971 g/mol. The van der Waals surface area contributed by atoms with Gasteiger partial charge in [-0.3, -0.25) is 23.2 Å². The van der Waals surface area contributed by atoms with Gasteiger partial charge in [-0.25, -0.2) is 9.13 Å². The highest BCUT2D eigenvalue weighted by atomic mass is 31.2. The molecule has 18 heteroatoms. The van der Waals surface area contributed by atoms with Crippen LogP contribution in [0.25, 0.3) is 0 Å². The Morgan fingerprint density at radius 3 is 1.37 bits per heavy atom. The normalized spacial score (nSPS) is 21.8. The number of unbranched alkanes of at least 4 members (excludes halogenated alkanes) is 24. The molecule has 0 aromatic rings. The lowest BCUT2D eigenvalue weighted by molar-refractivity contribution is -0.216. The Morgan fingerprint density at radius 1 is 0.492 bits per heavy atom. The Labute approximate surface area is 390 Å². The van der Waals surface area contributed by atoms with E-state index in [2.05, 4.69) is 42.7 Å². The molecule has 0 radical (unpaired) electrons. The number of aliphatic hydroxyl groups excluding tert-OH is 4. The fourth-order valence-electron chi connectivity index (χ4n) is 7.65. The Bertz CT molecular complexity index is 1360. The Balaban J connectivity index is 2.54. The van der Waals surface area contributed by atoms with Gasteiger partial charge in [0.1, 0.15) is 43.2 Å². The molecule has 0 saturated heterocycles. The molecular weight excluding hydrogens is 882 g/mol. The van der Waals surface area contributed by atoms with Gasteiger partial charge in [0.25, 0.3) is 0 Å². The van der Waals surface area contributed by atoms with Crippen LogP contribution in [-0.4, -0.2) is 103 Å². The maximum Gasteiger partial charge on any atom is 0.472 e. The summed E-state index contributed by atoms with van der Waals surface area (Å²) in [6.07, 6.45) is 25.6. The summed E-state index contributed by atoms with van der Waals surface area (Å²) in [5.41, 5.74) is 0. The van der Waals surface area contributed by atoms with Gasteiger partial charge in [0.2, 0.25) is 0 Å². The Hall–Kier alpha value is -1.52. The smallest absolute Gasteiger partial charge is 0.462 e. The zero-order valence-electron chi connectivity index (χ0n) is 39.7. The van der Waals surface area contributed by atoms with Gasteiger partial charge in [-0.1, -0.05) is 173 Å². The largest absolute Gasteiger partial charge is 0.472 e. The molecule has 0 aliphatic heterocycles. The predicted molar refractivity (Wildman–Crippen MR) is 251 cm³/mol. The highest BCUT2D eigenvalue weighted by Gasteiger charge is 2.54. The fraction of sp³-hybridized carbons (Fsp3) is 0.872. The molecule has 0 spiro atoms. The summed E-state index contributed by atoms with van der Waals surface area (Å²) in [5, 5.41) is 41.2. The summed E-state index contributed by atoms with van der Waals surface area (Å²) in [4.78, 5) is 54.3. The predicted octanol–water partition coefficient (Wildman–Crippen LogP) is 9.73. The van der Waals surface area contributed by atoms with Crippen molar-refractivity contribution in [1.82, 2.24) is 0 Å². The molecule has 1 saturated carbocycles. The summed E-state index contributed by atoms with van der Waals surface area (Å²) in [5.74, 6) is -1.20. The first kappa shape index (κ1) is 61.5. The number of esters is 2. The third kappa shape index (κ3) is 32.8. The molecule has 0 aromatic carbocycles. The zero-order valence-corrected chi connectivity index (χ0v) is 41.5. The van der Waals surface area contributed by atoms with Crippen LogP contribution in [0.4, 0.5) is 0 Å². The van der Waals surface area contributed by atoms with E-state index >= 15 is 0 Å². The van der Waals surface area contributed by atoms with Crippen molar-refractivity contribution >= 4 is 27.6 Å². The molecule has 65 heavy (non-hydrogen) atoms. The zero-order chi connectivity index (χ0) is 48.2. The Kier molecular flexibility index (Phi) is 36.3. The van der Waals surface area contributed by atoms with Gasteiger partial charge in [-0.05, 0) is 44.9 Å². The highest BCUT2D eigenvalue weighted by molar-refractivity contribution is 7.47. The third-order valence-corrected chi connectivity index (χ3v) is 13.0. The van der Waals surface area contributed by atoms with Crippen LogP contribution in [0.5, 0.6) is 0 Å². The number of phosphoric ester groups is 2. The van der Waals surface area contributed by atoms with Gasteiger partial charge in [0.05, 0.1) is 6.61 Å². The lowest BCUT2D eigenvalue weighted by atomic mass is 9.85. The van der Waals surface area contributed by atoms with E-state index in [0.717, 1.165) is 64.2 Å². The van der Waals surface area contributed by atoms with Gasteiger partial charge < -0.3 is 44.6 Å². The molecule has 0 heterocycles. The molecule has 16 nitrogen and oxygen atoms in total. The number of ether oxygens (including phenoxy) is 2. The second-order valence-corrected chi connectivity index (χ2v) is 20.1. The molecule has 1 aliphatic rings. The van der Waals surface area contributed by atoms with Crippen LogP contribution in [0.1, 0.15) is 206 Å². The minimum absolute atomic E-state index is 0.0475. The topological polar surface area (TPSA) is 256 Å². The molecule has 0 amide bonds. The van der Waals surface area contributed by atoms with Crippen molar-refractivity contribution in [2.45, 2.75) is 249 Å². The second kappa shape index (κ2) is 38.3. The molecule has 1 aliphatic carbocycles. The average Bonchev–Trinajstić information content (AvgIpc) is 3.26. The lowest BCUT2D eigenvalue weighted by Crippen LogP contribution is -2.64. The van der Waals surface area contributed by atoms with Crippen LogP contribution >= 0.6 is 15.6 Å². The van der Waals surface area contributed by atoms with Gasteiger partial charge in [-0.2, -0.15) is 0 Å². The monoisotopic (exact) mass is 971 g/mol. The molecule has 7 N–H and O–H groups in total. The third-order valence-electron chi connectivity index (χ3n) is 11.5. The van der Waals surface area contributed by atoms with E-state index in [4.69, 9.17) is 18.5 Å². The summed E-state index contributed by atoms with van der Waals surface area (Å²) < 4.78 is 49.4. The van der Waals surface area contributed by atoms with E-state index in [0.29, 0.717) is 12.8 Å². The highest BCUT2D eigenvalue weighted by Crippen LogP contribution is 2.49. The number of allylic oxidation sites excluding steroid dienone is 4. The van der Waals surface area contributed by atoms with Crippen LogP contribution in [0.2, 0.25) is 0 Å². The molecular formula is C47H88O16P2. The number of carbonyl (C=O) groups is 2. The van der Waals surface area contributed by atoms with E-state index in [9.17, 15) is 53.8 Å². The van der Waals surface area contributed by atoms with Gasteiger partial charge in [-0.15, -0.1) is 0 Å². The van der Waals surface area contributed by atoms with E-state index in [1.165, 1.54) is 103 Å². The van der Waals surface area contributed by atoms with Crippen molar-refractivity contribution in [3.8, 4) is 0 Å². The number of rotatable bonds is 42. The summed E-state index contributed by atoms with van der Waals surface area (Å²) in [6.45, 7) is 3.10. The lowest BCUT2D eigenvalue weighted by Gasteiger charge is -2.43. The molecule has 0 aromatic heterocycles. The van der Waals surface area contributed by atoms with Crippen molar-refractivity contribution in [2.75, 3.05) is 13.2 Å². The minimum Gasteiger partial charge on any atom is -0.462 e. The van der Waals surface area contributed by atoms with Gasteiger partial charge >= 0.3 is 27.6 Å². The van der Waals surface area contributed by atoms with Crippen LogP contribution in [0, 0.1) is 0 Å². The molecule has 8 atom stereocenters. The van der Waals surface area contributed by atoms with Crippen molar-refractivity contribution in [1.29, 1.82) is 0 Å². The maximum atomic E-state index is 13.0. The van der Waals surface area contributed by atoms with Crippen LogP contribution in [-0.2, 0) is 41.8 Å². The first-order valence-electron chi connectivity index (χ1n) is 24.9. The molecule has 382 valence electrons. The first-order chi connectivity index (χ1) is 31.1. The summed E-state index contributed by atoms with van der Waals surface area (Å²) in [6, 6.07) is 0. The second-order valence-electron chi connectivity index (χ2n) is 17.5. The maximum absolute atomic E-state index is 13.0. The molecule has 8 unspecified atom stereocenters. The summed E-state index contributed by atoms with van der Waals surface area (Å²) >= 11 is 0. The fourth-order valence-corrected chi connectivity index (χ4v) is 9.18. The van der Waals surface area contributed by atoms with Crippen molar-refractivity contribution in [3.63, 3.8) is 0 Å². The van der Waals surface area contributed by atoms with Crippen molar-refractivity contribution < 1.29 is 76.9 Å². The van der Waals surface area contributed by atoms with E-state index in [1.807, 2.05) is 0 Å². The number of phosphoric acid groups is 2. The van der Waals surface area contributed by atoms with Crippen molar-refractivity contribution in [3.05, 3.63) is 24.3 Å². The number of hydrogen-bond acceptors (Lipinski definition) is 13. The van der Waals surface area contributed by atoms with E-state index in [-0.39, 0.29) is 12.8 Å². The number of aliphatic hydroxyl groups is 4. The molecule has 1 fully saturated rings. The first-order valence-corrected chi connectivity index (χ1v) is 27.9. The van der Waals surface area contributed by atoms with E-state index in [1.54, 1.807) is 0 Å². The quantitative estimate of drug-likeness (QED) is 0.0130. The number of hydrogen-bond donors (Lipinski definition) is 7. The SMILES string of the molecule is CCCCCC=CCC=CCCCCCCCCCCCC(=O)OCC(COP(=O)(O)OC1C(O)C(O)C(O)C(OP(=O)(O)O)C1O)OC(=O)CCCCCCCCCCCCCCC. The number of carbonyl (C=O) groups excluding carboxylic acids is 2. The minimum atomic E-state index is -5.36. The van der Waals surface area contributed by atoms with Gasteiger partial charge in [0, 0.05) is 12.8 Å².